The van der Waals surface area contributed by atoms with Crippen molar-refractivity contribution in [3.8, 4) is 0 Å². The first-order valence-corrected chi connectivity index (χ1v) is 14.6. The lowest BCUT2D eigenvalue weighted by molar-refractivity contribution is -0.164. The summed E-state index contributed by atoms with van der Waals surface area (Å²) in [5.74, 6) is 0.835. The average molecular weight is 546 g/mol. The molecule has 0 aromatic carbocycles. The number of halogens is 1. The van der Waals surface area contributed by atoms with Gasteiger partial charge in [-0.2, -0.15) is 0 Å². The molecule has 5 aliphatic rings. The van der Waals surface area contributed by atoms with E-state index in [2.05, 4.69) is 38.4 Å². The first kappa shape index (κ1) is 27.2. The third kappa shape index (κ3) is 3.65. The topological polar surface area (TPSA) is 68.1 Å². The first-order valence-electron chi connectivity index (χ1n) is 13.3. The molecule has 37 heavy (non-hydrogen) atoms. The van der Waals surface area contributed by atoms with Crippen LogP contribution in [-0.2, 0) is 14.3 Å². The van der Waals surface area contributed by atoms with Gasteiger partial charge in [-0.15, -0.1) is 11.8 Å². The van der Waals surface area contributed by atoms with Crippen LogP contribution >= 0.6 is 23.4 Å². The van der Waals surface area contributed by atoms with Crippen LogP contribution in [0.4, 0.5) is 0 Å². The summed E-state index contributed by atoms with van der Waals surface area (Å²) in [5, 5.41) is 13.2. The number of carbonyl (C=O) groups excluding carboxylic acids is 1. The largest absolute Gasteiger partial charge is 0.466 e. The molecule has 4 aliphatic carbocycles. The molecule has 202 valence electrons. The standard InChI is InChI=1S/C30H40ClNO4S/c1-10-32-26(17(4)18(5)31)36-24-15(2)13-29-16(3)11-21-22(27(21,6)7)20(23(29)33)12-19-14-35-28(8,9)37-25(19)30(24,29)34/h10,12-13,16,20-22,24-25,34H,5,11,14H2,1-4,6-9H3/b26-17+,32-10?/t16-,20+,21?,22?,24+,25-,29+,30-/m1/s1. The van der Waals surface area contributed by atoms with E-state index in [0.717, 1.165) is 17.6 Å². The molecule has 0 amide bonds. The Bertz CT molecular complexity index is 1180. The zero-order valence-electron chi connectivity index (χ0n) is 23.2. The van der Waals surface area contributed by atoms with Crippen LogP contribution in [0.2, 0.25) is 0 Å². The number of thioether (sulfide) groups is 1. The van der Waals surface area contributed by atoms with Crippen molar-refractivity contribution in [1.82, 2.24) is 0 Å². The van der Waals surface area contributed by atoms with Crippen LogP contribution in [0.3, 0.4) is 0 Å². The fourth-order valence-corrected chi connectivity index (χ4v) is 9.43. The van der Waals surface area contributed by atoms with Crippen molar-refractivity contribution in [2.24, 2.45) is 39.5 Å². The van der Waals surface area contributed by atoms with Crippen LogP contribution in [0.5, 0.6) is 0 Å². The van der Waals surface area contributed by atoms with Gasteiger partial charge in [-0.1, -0.05) is 51.1 Å². The van der Waals surface area contributed by atoms with Gasteiger partial charge in [0.25, 0.3) is 0 Å². The third-order valence-electron chi connectivity index (χ3n) is 9.87. The van der Waals surface area contributed by atoms with Gasteiger partial charge in [0, 0.05) is 22.7 Å². The molecule has 7 heteroatoms. The second-order valence-electron chi connectivity index (χ2n) is 12.7. The Labute approximate surface area is 230 Å². The van der Waals surface area contributed by atoms with E-state index in [1.54, 1.807) is 31.8 Å². The molecule has 3 fully saturated rings. The summed E-state index contributed by atoms with van der Waals surface area (Å²) in [6.45, 7) is 20.6. The van der Waals surface area contributed by atoms with Crippen molar-refractivity contribution in [2.45, 2.75) is 83.7 Å². The molecule has 1 spiro atoms. The average Bonchev–Trinajstić information content (AvgIpc) is 3.30. The zero-order valence-corrected chi connectivity index (χ0v) is 24.8. The number of aliphatic hydroxyl groups is 1. The molecule has 1 saturated heterocycles. The highest BCUT2D eigenvalue weighted by atomic mass is 35.5. The smallest absolute Gasteiger partial charge is 0.218 e. The first-order chi connectivity index (χ1) is 17.1. The van der Waals surface area contributed by atoms with E-state index < -0.39 is 22.1 Å². The van der Waals surface area contributed by atoms with Crippen molar-refractivity contribution < 1.29 is 19.4 Å². The van der Waals surface area contributed by atoms with Gasteiger partial charge in [-0.25, -0.2) is 4.99 Å². The predicted octanol–water partition coefficient (Wildman–Crippen LogP) is 6.43. The molecule has 2 bridgehead atoms. The van der Waals surface area contributed by atoms with Gasteiger partial charge >= 0.3 is 0 Å². The quantitative estimate of drug-likeness (QED) is 0.191. The minimum atomic E-state index is -1.52. The number of aliphatic imine (C=N–C) groups is 1. The maximum Gasteiger partial charge on any atom is 0.218 e. The summed E-state index contributed by atoms with van der Waals surface area (Å²) >= 11 is 7.85. The van der Waals surface area contributed by atoms with E-state index >= 15 is 0 Å². The van der Waals surface area contributed by atoms with Crippen molar-refractivity contribution in [3.63, 3.8) is 0 Å². The summed E-state index contributed by atoms with van der Waals surface area (Å²) in [6, 6.07) is 0. The molecule has 1 heterocycles. The summed E-state index contributed by atoms with van der Waals surface area (Å²) < 4.78 is 12.8. The van der Waals surface area contributed by atoms with Gasteiger partial charge < -0.3 is 14.6 Å². The molecule has 8 atom stereocenters. The van der Waals surface area contributed by atoms with Gasteiger partial charge in [-0.3, -0.25) is 4.79 Å². The predicted molar refractivity (Wildman–Crippen MR) is 150 cm³/mol. The molecule has 0 radical (unpaired) electrons. The third-order valence-corrected chi connectivity index (χ3v) is 11.7. The van der Waals surface area contributed by atoms with Crippen molar-refractivity contribution in [2.75, 3.05) is 6.61 Å². The number of hydrogen-bond acceptors (Lipinski definition) is 6. The Kier molecular flexibility index (Phi) is 6.31. The number of ketones is 1. The van der Waals surface area contributed by atoms with E-state index in [9.17, 15) is 9.90 Å². The van der Waals surface area contributed by atoms with Gasteiger partial charge in [-0.05, 0) is 75.4 Å². The number of ether oxygens (including phenoxy) is 2. The SMILES string of the molecule is C=C(Cl)/C(C)=C(\N=CC)O[C@H]1C(C)=C[C@]23C(=O)[C@@H](C=C4COC(C)(C)S[C@H]4[C@]12O)C1C(C[C@H]3C)C1(C)C. The maximum atomic E-state index is 14.8. The number of hydrogen-bond donors (Lipinski definition) is 1. The summed E-state index contributed by atoms with van der Waals surface area (Å²) in [7, 11) is 0. The Morgan fingerprint density at radius 1 is 1.35 bits per heavy atom. The summed E-state index contributed by atoms with van der Waals surface area (Å²) in [5.41, 5.74) is -0.0663. The van der Waals surface area contributed by atoms with Gasteiger partial charge in [0.1, 0.15) is 10.5 Å². The van der Waals surface area contributed by atoms with Gasteiger partial charge in [0.15, 0.2) is 11.9 Å². The number of nitrogens with zero attached hydrogens (tertiary/aromatic N) is 1. The minimum Gasteiger partial charge on any atom is -0.466 e. The summed E-state index contributed by atoms with van der Waals surface area (Å²) in [4.78, 5) is 18.7. The fourth-order valence-electron chi connectivity index (χ4n) is 7.86. The molecule has 2 saturated carbocycles. The molecular weight excluding hydrogens is 506 g/mol. The molecule has 0 aromatic heterocycles. The Morgan fingerprint density at radius 2 is 2.03 bits per heavy atom. The maximum absolute atomic E-state index is 14.8. The van der Waals surface area contributed by atoms with E-state index in [1.165, 1.54) is 0 Å². The van der Waals surface area contributed by atoms with Gasteiger partial charge in [0.05, 0.1) is 17.3 Å². The van der Waals surface area contributed by atoms with Crippen molar-refractivity contribution in [1.29, 1.82) is 0 Å². The number of Topliss-reactive ketones (excluding diaryl/α,β-unsaturated/α-hetero) is 1. The Morgan fingerprint density at radius 3 is 2.65 bits per heavy atom. The highest BCUT2D eigenvalue weighted by Crippen LogP contribution is 2.73. The summed E-state index contributed by atoms with van der Waals surface area (Å²) in [6.07, 6.45) is 5.96. The van der Waals surface area contributed by atoms with Crippen LogP contribution in [0.1, 0.15) is 61.8 Å². The monoisotopic (exact) mass is 545 g/mol. The Balaban J connectivity index is 1.74. The molecule has 5 nitrogen and oxygen atoms in total. The van der Waals surface area contributed by atoms with Gasteiger partial charge in [0.2, 0.25) is 5.88 Å². The van der Waals surface area contributed by atoms with Crippen molar-refractivity contribution in [3.05, 3.63) is 46.4 Å². The fraction of sp³-hybridized carbons (Fsp3) is 0.667. The van der Waals surface area contributed by atoms with Crippen molar-refractivity contribution >= 4 is 35.4 Å². The molecule has 5 rings (SSSR count). The number of allylic oxidation sites excluding steroid dienone is 3. The normalized spacial score (nSPS) is 43.9. The van der Waals surface area contributed by atoms with Crippen LogP contribution < -0.4 is 0 Å². The number of rotatable bonds is 4. The number of fused-ring (bicyclic) bond motifs is 5. The molecular formula is C30H40ClNO4S. The lowest BCUT2D eigenvalue weighted by atomic mass is 9.59. The van der Waals surface area contributed by atoms with Crippen LogP contribution in [-0.4, -0.2) is 45.6 Å². The lowest BCUT2D eigenvalue weighted by Gasteiger charge is -2.53. The van der Waals surface area contributed by atoms with Crippen LogP contribution in [0, 0.1) is 34.5 Å². The number of carbonyl (C=O) groups is 1. The van der Waals surface area contributed by atoms with E-state index in [1.807, 2.05) is 26.8 Å². The molecule has 2 unspecified atom stereocenters. The minimum absolute atomic E-state index is 0.0571. The highest BCUT2D eigenvalue weighted by Gasteiger charge is 2.77. The lowest BCUT2D eigenvalue weighted by Crippen LogP contribution is -2.66. The second kappa shape index (κ2) is 8.58. The highest BCUT2D eigenvalue weighted by molar-refractivity contribution is 8.01. The van der Waals surface area contributed by atoms with Crippen LogP contribution in [0.15, 0.2) is 51.4 Å². The molecule has 1 aliphatic heterocycles. The van der Waals surface area contributed by atoms with E-state index in [-0.39, 0.29) is 34.2 Å². The Hall–Kier alpha value is -1.34. The van der Waals surface area contributed by atoms with E-state index in [4.69, 9.17) is 21.1 Å². The molecule has 1 N–H and O–H groups in total. The van der Waals surface area contributed by atoms with Crippen LogP contribution in [0.25, 0.3) is 0 Å². The molecule has 0 aromatic rings. The second-order valence-corrected chi connectivity index (χ2v) is 14.9. The zero-order chi connectivity index (χ0) is 27.3. The van der Waals surface area contributed by atoms with E-state index in [0.29, 0.717) is 29.0 Å².